The molecule has 0 atom stereocenters. The predicted molar refractivity (Wildman–Crippen MR) is 64.4 cm³/mol. The van der Waals surface area contributed by atoms with Gasteiger partial charge in [0.2, 0.25) is 11.8 Å². The standard InChI is InChI=1S/C12H22N2O3/c1-12(2)11(17)13(3)7-8-14(12)10(16)6-4-5-9-15/h15H,4-9H2,1-3H3. The molecule has 1 N–H and O–H groups in total. The van der Waals surface area contributed by atoms with Crippen LogP contribution in [-0.4, -0.2) is 59.0 Å². The van der Waals surface area contributed by atoms with E-state index in [2.05, 4.69) is 0 Å². The SMILES string of the molecule is CN1CCN(C(=O)CCCCO)C(C)(C)C1=O. The van der Waals surface area contributed by atoms with Gasteiger partial charge in [0.15, 0.2) is 0 Å². The van der Waals surface area contributed by atoms with E-state index in [1.807, 2.05) is 0 Å². The number of hydrogen-bond acceptors (Lipinski definition) is 3. The van der Waals surface area contributed by atoms with Crippen LogP contribution < -0.4 is 0 Å². The summed E-state index contributed by atoms with van der Waals surface area (Å²) in [5.74, 6) is -0.0100. The Bertz CT molecular complexity index is 302. The van der Waals surface area contributed by atoms with Gasteiger partial charge in [0.05, 0.1) is 0 Å². The Morgan fingerprint density at radius 1 is 1.35 bits per heavy atom. The van der Waals surface area contributed by atoms with E-state index in [1.165, 1.54) is 0 Å². The summed E-state index contributed by atoms with van der Waals surface area (Å²) in [6, 6.07) is 0. The number of unbranched alkanes of at least 4 members (excludes halogenated alkanes) is 1. The smallest absolute Gasteiger partial charge is 0.247 e. The van der Waals surface area contributed by atoms with Crippen molar-refractivity contribution in [3.8, 4) is 0 Å². The van der Waals surface area contributed by atoms with Gasteiger partial charge in [-0.1, -0.05) is 0 Å². The fraction of sp³-hybridized carbons (Fsp3) is 0.833. The van der Waals surface area contributed by atoms with Gasteiger partial charge in [0.25, 0.3) is 0 Å². The van der Waals surface area contributed by atoms with Crippen LogP contribution in [0.5, 0.6) is 0 Å². The zero-order valence-electron chi connectivity index (χ0n) is 10.9. The molecular formula is C12H22N2O3. The van der Waals surface area contributed by atoms with Crippen molar-refractivity contribution in [2.45, 2.75) is 38.6 Å². The second-order valence-electron chi connectivity index (χ2n) is 5.01. The number of amides is 2. The van der Waals surface area contributed by atoms with Crippen LogP contribution in [0.3, 0.4) is 0 Å². The third-order valence-corrected chi connectivity index (χ3v) is 3.30. The van der Waals surface area contributed by atoms with Gasteiger partial charge in [-0.15, -0.1) is 0 Å². The van der Waals surface area contributed by atoms with Crippen LogP contribution in [0.1, 0.15) is 33.1 Å². The number of rotatable bonds is 4. The van der Waals surface area contributed by atoms with Crippen molar-refractivity contribution in [3.63, 3.8) is 0 Å². The molecule has 98 valence electrons. The number of nitrogens with zero attached hydrogens (tertiary/aromatic N) is 2. The molecule has 1 aliphatic rings. The van der Waals surface area contributed by atoms with Crippen LogP contribution in [0.25, 0.3) is 0 Å². The molecule has 0 aromatic rings. The highest BCUT2D eigenvalue weighted by Crippen LogP contribution is 2.22. The van der Waals surface area contributed by atoms with Crippen molar-refractivity contribution in [2.24, 2.45) is 0 Å². The Hall–Kier alpha value is -1.10. The lowest BCUT2D eigenvalue weighted by molar-refractivity contribution is -0.157. The van der Waals surface area contributed by atoms with Crippen LogP contribution >= 0.6 is 0 Å². The number of hydrogen-bond donors (Lipinski definition) is 1. The number of carbonyl (C=O) groups excluding carboxylic acids is 2. The van der Waals surface area contributed by atoms with Crippen molar-refractivity contribution in [1.29, 1.82) is 0 Å². The fourth-order valence-electron chi connectivity index (χ4n) is 2.17. The van der Waals surface area contributed by atoms with Crippen LogP contribution in [0.15, 0.2) is 0 Å². The van der Waals surface area contributed by atoms with E-state index in [-0.39, 0.29) is 18.4 Å². The van der Waals surface area contributed by atoms with Gasteiger partial charge in [-0.05, 0) is 26.7 Å². The maximum absolute atomic E-state index is 12.0. The quantitative estimate of drug-likeness (QED) is 0.718. The minimum atomic E-state index is -0.747. The van der Waals surface area contributed by atoms with E-state index in [0.717, 1.165) is 0 Å². The normalized spacial score (nSPS) is 19.6. The average molecular weight is 242 g/mol. The molecule has 1 fully saturated rings. The first-order valence-electron chi connectivity index (χ1n) is 6.08. The molecule has 0 bridgehead atoms. The molecule has 5 heteroatoms. The highest BCUT2D eigenvalue weighted by Gasteiger charge is 2.42. The molecule has 2 amide bonds. The minimum Gasteiger partial charge on any atom is -0.396 e. The van der Waals surface area contributed by atoms with Crippen molar-refractivity contribution >= 4 is 11.8 Å². The predicted octanol–water partition coefficient (Wildman–Crippen LogP) is 0.228. The molecule has 1 heterocycles. The van der Waals surface area contributed by atoms with E-state index in [1.54, 1.807) is 30.7 Å². The second kappa shape index (κ2) is 5.49. The molecule has 1 saturated heterocycles. The molecule has 1 rings (SSSR count). The molecule has 0 aromatic heterocycles. The maximum Gasteiger partial charge on any atom is 0.247 e. The first-order chi connectivity index (χ1) is 7.91. The summed E-state index contributed by atoms with van der Waals surface area (Å²) in [6.45, 7) is 4.86. The number of likely N-dealkylation sites (N-methyl/N-ethyl adjacent to an activating group) is 1. The Morgan fingerprint density at radius 3 is 2.59 bits per heavy atom. The lowest BCUT2D eigenvalue weighted by Gasteiger charge is -2.44. The van der Waals surface area contributed by atoms with Crippen LogP contribution in [0, 0.1) is 0 Å². The van der Waals surface area contributed by atoms with Gasteiger partial charge in [0.1, 0.15) is 5.54 Å². The van der Waals surface area contributed by atoms with Crippen LogP contribution in [0.2, 0.25) is 0 Å². The Labute approximate surface area is 102 Å². The summed E-state index contributed by atoms with van der Waals surface area (Å²) in [6.07, 6.45) is 1.71. The molecule has 0 aromatic carbocycles. The van der Waals surface area contributed by atoms with Crippen molar-refractivity contribution in [2.75, 3.05) is 26.7 Å². The average Bonchev–Trinajstić information content (AvgIpc) is 2.26. The number of aliphatic hydroxyl groups excluding tert-OH is 1. The first kappa shape index (κ1) is 14.0. The fourth-order valence-corrected chi connectivity index (χ4v) is 2.17. The Kier molecular flexibility index (Phi) is 4.51. The zero-order chi connectivity index (χ0) is 13.1. The van der Waals surface area contributed by atoms with Crippen LogP contribution in [-0.2, 0) is 9.59 Å². The molecule has 1 aliphatic heterocycles. The minimum absolute atomic E-state index is 0.00454. The first-order valence-corrected chi connectivity index (χ1v) is 6.08. The van der Waals surface area contributed by atoms with E-state index in [4.69, 9.17) is 5.11 Å². The van der Waals surface area contributed by atoms with Crippen LogP contribution in [0.4, 0.5) is 0 Å². The molecule has 17 heavy (non-hydrogen) atoms. The largest absolute Gasteiger partial charge is 0.396 e. The third-order valence-electron chi connectivity index (χ3n) is 3.30. The van der Waals surface area contributed by atoms with E-state index >= 15 is 0 Å². The van der Waals surface area contributed by atoms with E-state index < -0.39 is 5.54 Å². The summed E-state index contributed by atoms with van der Waals surface area (Å²) < 4.78 is 0. The summed E-state index contributed by atoms with van der Waals surface area (Å²) in [5, 5.41) is 8.68. The molecular weight excluding hydrogens is 220 g/mol. The zero-order valence-corrected chi connectivity index (χ0v) is 10.9. The van der Waals surface area contributed by atoms with Gasteiger partial charge in [-0.3, -0.25) is 9.59 Å². The highest BCUT2D eigenvalue weighted by molar-refractivity contribution is 5.91. The topological polar surface area (TPSA) is 60.9 Å². The Morgan fingerprint density at radius 2 is 2.00 bits per heavy atom. The summed E-state index contributed by atoms with van der Waals surface area (Å²) in [7, 11) is 1.76. The maximum atomic E-state index is 12.0. The van der Waals surface area contributed by atoms with Crippen molar-refractivity contribution < 1.29 is 14.7 Å². The summed E-state index contributed by atoms with van der Waals surface area (Å²) >= 11 is 0. The monoisotopic (exact) mass is 242 g/mol. The molecule has 0 aliphatic carbocycles. The van der Waals surface area contributed by atoms with Gasteiger partial charge >= 0.3 is 0 Å². The number of aliphatic hydroxyl groups is 1. The van der Waals surface area contributed by atoms with Gasteiger partial charge < -0.3 is 14.9 Å². The van der Waals surface area contributed by atoms with Gasteiger partial charge in [-0.2, -0.15) is 0 Å². The highest BCUT2D eigenvalue weighted by atomic mass is 16.3. The van der Waals surface area contributed by atoms with Crippen molar-refractivity contribution in [3.05, 3.63) is 0 Å². The molecule has 0 unspecified atom stereocenters. The second-order valence-corrected chi connectivity index (χ2v) is 5.01. The molecule has 5 nitrogen and oxygen atoms in total. The summed E-state index contributed by atoms with van der Waals surface area (Å²) in [5.41, 5.74) is -0.747. The van der Waals surface area contributed by atoms with E-state index in [9.17, 15) is 9.59 Å². The lowest BCUT2D eigenvalue weighted by Crippen LogP contribution is -2.63. The number of carbonyl (C=O) groups is 2. The summed E-state index contributed by atoms with van der Waals surface area (Å²) in [4.78, 5) is 27.3. The van der Waals surface area contributed by atoms with E-state index in [0.29, 0.717) is 32.4 Å². The van der Waals surface area contributed by atoms with Gasteiger partial charge in [0, 0.05) is 33.2 Å². The number of piperazine rings is 1. The molecule has 0 saturated carbocycles. The molecule has 0 radical (unpaired) electrons. The molecule has 0 spiro atoms. The third kappa shape index (κ3) is 2.97. The van der Waals surface area contributed by atoms with Crippen molar-refractivity contribution in [1.82, 2.24) is 9.80 Å². The lowest BCUT2D eigenvalue weighted by atomic mass is 9.97. The Balaban J connectivity index is 2.64. The van der Waals surface area contributed by atoms with Gasteiger partial charge in [-0.25, -0.2) is 0 Å².